The molecule has 1 aromatic carbocycles. The van der Waals surface area contributed by atoms with Gasteiger partial charge in [-0.3, -0.25) is 10.7 Å². The highest BCUT2D eigenvalue weighted by molar-refractivity contribution is 5.90. The molecule has 0 fully saturated rings. The zero-order valence-electron chi connectivity index (χ0n) is 10.3. The fraction of sp³-hybridized carbons (Fsp3) is 0.250. The summed E-state index contributed by atoms with van der Waals surface area (Å²) in [5.41, 5.74) is 6.96. The zero-order valence-corrected chi connectivity index (χ0v) is 10.3. The molecular weight excluding hydrogens is 230 g/mol. The van der Waals surface area contributed by atoms with E-state index >= 15 is 0 Å². The Morgan fingerprint density at radius 2 is 2.22 bits per heavy atom. The standard InChI is InChI=1S/C12H15N5O/c1-3-9-8-5-4-7(18-2)6-10(8)16-12(15-9)17-11(13)14/h4-6H,3H2,1-2H3,(H4,13,14,15,16,17). The average molecular weight is 245 g/mol. The van der Waals surface area contributed by atoms with Crippen molar-refractivity contribution in [2.24, 2.45) is 5.73 Å². The molecule has 0 unspecified atom stereocenters. The maximum Gasteiger partial charge on any atom is 0.230 e. The summed E-state index contributed by atoms with van der Waals surface area (Å²) in [5.74, 6) is 0.886. The van der Waals surface area contributed by atoms with Crippen molar-refractivity contribution in [2.45, 2.75) is 13.3 Å². The summed E-state index contributed by atoms with van der Waals surface area (Å²) in [6.45, 7) is 2.02. The van der Waals surface area contributed by atoms with Gasteiger partial charge in [-0.05, 0) is 18.6 Å². The van der Waals surface area contributed by atoms with Crippen LogP contribution in [-0.4, -0.2) is 23.0 Å². The van der Waals surface area contributed by atoms with E-state index in [1.807, 2.05) is 25.1 Å². The molecule has 0 aliphatic carbocycles. The maximum absolute atomic E-state index is 7.21. The number of hydrogen-bond donors (Lipinski definition) is 3. The Bertz CT molecular complexity index is 596. The van der Waals surface area contributed by atoms with E-state index in [9.17, 15) is 0 Å². The van der Waals surface area contributed by atoms with Gasteiger partial charge in [0.25, 0.3) is 0 Å². The highest BCUT2D eigenvalue weighted by Gasteiger charge is 2.07. The van der Waals surface area contributed by atoms with E-state index in [4.69, 9.17) is 15.9 Å². The van der Waals surface area contributed by atoms with Crippen LogP contribution < -0.4 is 15.8 Å². The third-order valence-electron chi connectivity index (χ3n) is 2.56. The lowest BCUT2D eigenvalue weighted by Crippen LogP contribution is -2.22. The quantitative estimate of drug-likeness (QED) is 0.562. The van der Waals surface area contributed by atoms with Crippen molar-refractivity contribution < 1.29 is 4.74 Å². The summed E-state index contributed by atoms with van der Waals surface area (Å²) in [5, 5.41) is 10.8. The topological polar surface area (TPSA) is 96.9 Å². The molecule has 1 heterocycles. The molecule has 94 valence electrons. The summed E-state index contributed by atoms with van der Waals surface area (Å²) in [6.07, 6.45) is 0.776. The van der Waals surface area contributed by atoms with Crippen LogP contribution in [0.3, 0.4) is 0 Å². The van der Waals surface area contributed by atoms with Crippen LogP contribution in [0.25, 0.3) is 10.9 Å². The number of methoxy groups -OCH3 is 1. The fourth-order valence-electron chi connectivity index (χ4n) is 1.75. The van der Waals surface area contributed by atoms with Gasteiger partial charge in [-0.2, -0.15) is 0 Å². The first-order valence-electron chi connectivity index (χ1n) is 5.59. The maximum atomic E-state index is 7.21. The third-order valence-corrected chi connectivity index (χ3v) is 2.56. The van der Waals surface area contributed by atoms with E-state index in [1.54, 1.807) is 7.11 Å². The van der Waals surface area contributed by atoms with E-state index in [0.29, 0.717) is 5.95 Å². The minimum Gasteiger partial charge on any atom is -0.497 e. The molecule has 1 aromatic heterocycles. The minimum atomic E-state index is -0.181. The molecule has 0 radical (unpaired) electrons. The highest BCUT2D eigenvalue weighted by atomic mass is 16.5. The first-order chi connectivity index (χ1) is 8.63. The number of rotatable bonds is 3. The predicted octanol–water partition coefficient (Wildman–Crippen LogP) is 1.51. The van der Waals surface area contributed by atoms with E-state index < -0.39 is 0 Å². The van der Waals surface area contributed by atoms with Crippen molar-refractivity contribution in [2.75, 3.05) is 12.4 Å². The number of aromatic nitrogens is 2. The Kier molecular flexibility index (Phi) is 3.27. The Balaban J connectivity index is 2.60. The van der Waals surface area contributed by atoms with Crippen molar-refractivity contribution in [1.29, 1.82) is 5.41 Å². The Morgan fingerprint density at radius 3 is 2.83 bits per heavy atom. The van der Waals surface area contributed by atoms with Gasteiger partial charge in [-0.1, -0.05) is 6.92 Å². The number of nitrogens with two attached hydrogens (primary N) is 1. The monoisotopic (exact) mass is 245 g/mol. The second-order valence-electron chi connectivity index (χ2n) is 3.77. The summed E-state index contributed by atoms with van der Waals surface area (Å²) in [4.78, 5) is 8.64. The lowest BCUT2D eigenvalue weighted by Gasteiger charge is -2.09. The number of fused-ring (bicyclic) bond motifs is 1. The lowest BCUT2D eigenvalue weighted by molar-refractivity contribution is 0.415. The molecule has 6 heteroatoms. The molecule has 0 aliphatic heterocycles. The molecular formula is C12H15N5O. The average Bonchev–Trinajstić information content (AvgIpc) is 2.36. The van der Waals surface area contributed by atoms with Gasteiger partial charge in [0.15, 0.2) is 5.96 Å². The number of hydrogen-bond acceptors (Lipinski definition) is 4. The van der Waals surface area contributed by atoms with Crippen LogP contribution in [0, 0.1) is 5.41 Å². The highest BCUT2D eigenvalue weighted by Crippen LogP contribution is 2.23. The third kappa shape index (κ3) is 2.32. The molecule has 0 saturated heterocycles. The number of aryl methyl sites for hydroxylation is 1. The van der Waals surface area contributed by atoms with Gasteiger partial charge in [-0.15, -0.1) is 0 Å². The molecule has 0 bridgehead atoms. The molecule has 2 rings (SSSR count). The van der Waals surface area contributed by atoms with E-state index in [-0.39, 0.29) is 5.96 Å². The molecule has 0 atom stereocenters. The van der Waals surface area contributed by atoms with Crippen molar-refractivity contribution in [3.63, 3.8) is 0 Å². The van der Waals surface area contributed by atoms with Gasteiger partial charge in [0, 0.05) is 11.5 Å². The number of anilines is 1. The molecule has 0 amide bonds. The lowest BCUT2D eigenvalue weighted by atomic mass is 10.1. The van der Waals surface area contributed by atoms with Crippen LogP contribution >= 0.6 is 0 Å². The summed E-state index contributed by atoms with van der Waals surface area (Å²) >= 11 is 0. The molecule has 0 aliphatic rings. The largest absolute Gasteiger partial charge is 0.497 e. The number of nitrogens with zero attached hydrogens (tertiary/aromatic N) is 2. The van der Waals surface area contributed by atoms with Crippen molar-refractivity contribution in [1.82, 2.24) is 9.97 Å². The van der Waals surface area contributed by atoms with Gasteiger partial charge in [0.2, 0.25) is 5.95 Å². The van der Waals surface area contributed by atoms with E-state index in [1.165, 1.54) is 0 Å². The van der Waals surface area contributed by atoms with Crippen molar-refractivity contribution in [3.8, 4) is 5.75 Å². The molecule has 6 nitrogen and oxygen atoms in total. The van der Waals surface area contributed by atoms with Crippen LogP contribution in [0.1, 0.15) is 12.6 Å². The SMILES string of the molecule is CCc1nc(NC(=N)N)nc2cc(OC)ccc12. The second kappa shape index (κ2) is 4.87. The van der Waals surface area contributed by atoms with Crippen LogP contribution in [-0.2, 0) is 6.42 Å². The van der Waals surface area contributed by atoms with E-state index in [2.05, 4.69) is 15.3 Å². The first kappa shape index (κ1) is 12.1. The summed E-state index contributed by atoms with van der Waals surface area (Å²) < 4.78 is 5.17. The number of benzene rings is 1. The zero-order chi connectivity index (χ0) is 13.1. The van der Waals surface area contributed by atoms with Crippen molar-refractivity contribution >= 4 is 22.8 Å². The number of ether oxygens (including phenoxy) is 1. The van der Waals surface area contributed by atoms with Crippen LogP contribution in [0.15, 0.2) is 18.2 Å². The molecule has 2 aromatic rings. The van der Waals surface area contributed by atoms with Crippen LogP contribution in [0.2, 0.25) is 0 Å². The molecule has 18 heavy (non-hydrogen) atoms. The van der Waals surface area contributed by atoms with Crippen LogP contribution in [0.4, 0.5) is 5.95 Å². The first-order valence-corrected chi connectivity index (χ1v) is 5.59. The smallest absolute Gasteiger partial charge is 0.230 e. The predicted molar refractivity (Wildman–Crippen MR) is 71.0 cm³/mol. The molecule has 0 saturated carbocycles. The Labute approximate surface area is 105 Å². The van der Waals surface area contributed by atoms with Gasteiger partial charge in [0.05, 0.1) is 18.3 Å². The normalized spacial score (nSPS) is 10.3. The van der Waals surface area contributed by atoms with Gasteiger partial charge < -0.3 is 10.5 Å². The Morgan fingerprint density at radius 1 is 1.44 bits per heavy atom. The Hall–Kier alpha value is -2.37. The van der Waals surface area contributed by atoms with Gasteiger partial charge in [0.1, 0.15) is 5.75 Å². The van der Waals surface area contributed by atoms with E-state index in [0.717, 1.165) is 28.8 Å². The number of guanidine groups is 1. The summed E-state index contributed by atoms with van der Waals surface area (Å²) in [7, 11) is 1.61. The molecule has 4 N–H and O–H groups in total. The van der Waals surface area contributed by atoms with Crippen molar-refractivity contribution in [3.05, 3.63) is 23.9 Å². The second-order valence-corrected chi connectivity index (χ2v) is 3.77. The van der Waals surface area contributed by atoms with Crippen LogP contribution in [0.5, 0.6) is 5.75 Å². The van der Waals surface area contributed by atoms with Gasteiger partial charge >= 0.3 is 0 Å². The molecule has 0 spiro atoms. The fourth-order valence-corrected chi connectivity index (χ4v) is 1.75. The minimum absolute atomic E-state index is 0.181. The van der Waals surface area contributed by atoms with Gasteiger partial charge in [-0.25, -0.2) is 9.97 Å². The number of nitrogens with one attached hydrogen (secondary N) is 2. The summed E-state index contributed by atoms with van der Waals surface area (Å²) in [6, 6.07) is 5.65.